The Morgan fingerprint density at radius 1 is 1.25 bits per heavy atom. The fourth-order valence-corrected chi connectivity index (χ4v) is 2.12. The molecule has 1 unspecified atom stereocenters. The number of phenols is 1. The Hall–Kier alpha value is -1.55. The van der Waals surface area contributed by atoms with Gasteiger partial charge in [0.1, 0.15) is 5.75 Å². The average molecular weight is 336 g/mol. The van der Waals surface area contributed by atoms with Crippen LogP contribution < -0.4 is 5.32 Å². The highest BCUT2D eigenvalue weighted by Gasteiger charge is 2.15. The highest BCUT2D eigenvalue weighted by atomic mass is 79.9. The minimum absolute atomic E-state index is 0.0382. The molecule has 1 amide bonds. The Morgan fingerprint density at radius 3 is 2.65 bits per heavy atom. The third-order valence-electron chi connectivity index (χ3n) is 3.33. The molecule has 3 nitrogen and oxygen atoms in total. The number of nitrogens with one attached hydrogen (secondary N) is 1. The molecule has 1 atom stereocenters. The second-order valence-corrected chi connectivity index (χ2v) is 6.33. The summed E-state index contributed by atoms with van der Waals surface area (Å²) in [5.41, 5.74) is 0.312. The summed E-state index contributed by atoms with van der Waals surface area (Å²) in [5, 5.41) is 14.7. The maximum absolute atomic E-state index is 12.1. The Kier molecular flexibility index (Phi) is 4.65. The Morgan fingerprint density at radius 2 is 1.95 bits per heavy atom. The van der Waals surface area contributed by atoms with Gasteiger partial charge in [0.2, 0.25) is 0 Å². The van der Waals surface area contributed by atoms with Gasteiger partial charge in [0.05, 0.1) is 5.56 Å². The summed E-state index contributed by atoms with van der Waals surface area (Å²) in [6.07, 6.45) is 0. The van der Waals surface area contributed by atoms with E-state index in [1.54, 1.807) is 6.07 Å². The predicted molar refractivity (Wildman–Crippen MR) is 85.5 cm³/mol. The van der Waals surface area contributed by atoms with E-state index in [-0.39, 0.29) is 16.5 Å². The van der Waals surface area contributed by atoms with E-state index in [0.717, 1.165) is 5.39 Å². The van der Waals surface area contributed by atoms with Crippen molar-refractivity contribution < 1.29 is 9.90 Å². The highest BCUT2D eigenvalue weighted by Crippen LogP contribution is 2.28. The number of phenolic OH excluding ortho intramolecular Hbond substituents is 1. The maximum Gasteiger partial charge on any atom is 0.255 e. The van der Waals surface area contributed by atoms with Gasteiger partial charge < -0.3 is 10.4 Å². The number of amides is 1. The zero-order valence-electron chi connectivity index (χ0n) is 11.6. The van der Waals surface area contributed by atoms with Gasteiger partial charge in [0.25, 0.3) is 5.91 Å². The first-order valence-corrected chi connectivity index (χ1v) is 7.55. The van der Waals surface area contributed by atoms with Crippen LogP contribution in [-0.2, 0) is 0 Å². The number of halogens is 1. The first-order chi connectivity index (χ1) is 9.50. The topological polar surface area (TPSA) is 49.3 Å². The van der Waals surface area contributed by atoms with Crippen LogP contribution >= 0.6 is 15.9 Å². The van der Waals surface area contributed by atoms with Crippen LogP contribution in [0.5, 0.6) is 5.75 Å². The van der Waals surface area contributed by atoms with Crippen molar-refractivity contribution >= 4 is 32.6 Å². The quantitative estimate of drug-likeness (QED) is 0.837. The fraction of sp³-hybridized carbons (Fsp3) is 0.312. The summed E-state index contributed by atoms with van der Waals surface area (Å²) < 4.78 is 0. The summed E-state index contributed by atoms with van der Waals surface area (Å²) in [6, 6.07) is 11.0. The molecule has 4 heteroatoms. The van der Waals surface area contributed by atoms with Crippen molar-refractivity contribution in [1.82, 2.24) is 5.32 Å². The van der Waals surface area contributed by atoms with Crippen LogP contribution in [0.3, 0.4) is 0 Å². The van der Waals surface area contributed by atoms with Crippen LogP contribution in [0.25, 0.3) is 10.8 Å². The van der Waals surface area contributed by atoms with E-state index < -0.39 is 0 Å². The van der Waals surface area contributed by atoms with Gasteiger partial charge in [0, 0.05) is 16.8 Å². The maximum atomic E-state index is 12.1. The van der Waals surface area contributed by atoms with Crippen molar-refractivity contribution in [2.24, 2.45) is 5.92 Å². The normalized spacial score (nSPS) is 12.6. The Labute approximate surface area is 127 Å². The van der Waals surface area contributed by atoms with Crippen molar-refractivity contribution in [3.8, 4) is 5.75 Å². The van der Waals surface area contributed by atoms with Crippen molar-refractivity contribution in [1.29, 1.82) is 0 Å². The molecule has 0 saturated heterocycles. The SMILES string of the molecule is CC(C)C(Br)CNC(=O)c1ccc2ccccc2c1O. The summed E-state index contributed by atoms with van der Waals surface area (Å²) in [7, 11) is 0. The summed E-state index contributed by atoms with van der Waals surface area (Å²) in [6.45, 7) is 4.70. The van der Waals surface area contributed by atoms with Crippen molar-refractivity contribution in [2.75, 3.05) is 6.54 Å². The molecule has 0 aromatic heterocycles. The second kappa shape index (κ2) is 6.27. The Balaban J connectivity index is 2.20. The van der Waals surface area contributed by atoms with Gasteiger partial charge in [0.15, 0.2) is 0 Å². The van der Waals surface area contributed by atoms with Crippen molar-refractivity contribution in [2.45, 2.75) is 18.7 Å². The van der Waals surface area contributed by atoms with E-state index in [1.807, 2.05) is 30.3 Å². The number of aromatic hydroxyl groups is 1. The largest absolute Gasteiger partial charge is 0.506 e. The van der Waals surface area contributed by atoms with Crippen LogP contribution in [0.4, 0.5) is 0 Å². The minimum atomic E-state index is -0.252. The van der Waals surface area contributed by atoms with E-state index in [9.17, 15) is 9.90 Å². The first-order valence-electron chi connectivity index (χ1n) is 6.63. The van der Waals surface area contributed by atoms with Crippen LogP contribution in [0.1, 0.15) is 24.2 Å². The van der Waals surface area contributed by atoms with E-state index in [0.29, 0.717) is 23.4 Å². The molecule has 0 heterocycles. The Bertz CT molecular complexity index is 625. The number of alkyl halides is 1. The molecular formula is C16H18BrNO2. The standard InChI is InChI=1S/C16H18BrNO2/c1-10(2)14(17)9-18-16(20)13-8-7-11-5-3-4-6-12(11)15(13)19/h3-8,10,14,19H,9H2,1-2H3,(H,18,20). The monoisotopic (exact) mass is 335 g/mol. The lowest BCUT2D eigenvalue weighted by molar-refractivity contribution is 0.0950. The van der Waals surface area contributed by atoms with Gasteiger partial charge in [-0.3, -0.25) is 4.79 Å². The lowest BCUT2D eigenvalue weighted by Gasteiger charge is -2.15. The molecular weight excluding hydrogens is 318 g/mol. The van der Waals surface area contributed by atoms with Gasteiger partial charge in [-0.2, -0.15) is 0 Å². The number of hydrogen-bond acceptors (Lipinski definition) is 2. The van der Waals surface area contributed by atoms with Crippen LogP contribution in [0, 0.1) is 5.92 Å². The van der Waals surface area contributed by atoms with Crippen LogP contribution in [0.15, 0.2) is 36.4 Å². The van der Waals surface area contributed by atoms with Gasteiger partial charge >= 0.3 is 0 Å². The highest BCUT2D eigenvalue weighted by molar-refractivity contribution is 9.09. The van der Waals surface area contributed by atoms with Crippen molar-refractivity contribution in [3.05, 3.63) is 42.0 Å². The number of rotatable bonds is 4. The lowest BCUT2D eigenvalue weighted by Crippen LogP contribution is -2.31. The van der Waals surface area contributed by atoms with Crippen molar-refractivity contribution in [3.63, 3.8) is 0 Å². The molecule has 0 aliphatic carbocycles. The number of carbonyl (C=O) groups excluding carboxylic acids is 1. The van der Waals surface area contributed by atoms with Crippen LogP contribution in [-0.4, -0.2) is 22.4 Å². The zero-order valence-corrected chi connectivity index (χ0v) is 13.1. The van der Waals surface area contributed by atoms with E-state index >= 15 is 0 Å². The lowest BCUT2D eigenvalue weighted by atomic mass is 10.0. The van der Waals surface area contributed by atoms with E-state index in [2.05, 4.69) is 35.1 Å². The molecule has 2 N–H and O–H groups in total. The van der Waals surface area contributed by atoms with Gasteiger partial charge in [-0.1, -0.05) is 60.1 Å². The number of benzene rings is 2. The summed E-state index contributed by atoms with van der Waals surface area (Å²) in [4.78, 5) is 12.4. The molecule has 0 aliphatic rings. The van der Waals surface area contributed by atoms with Gasteiger partial charge in [-0.25, -0.2) is 0 Å². The number of fused-ring (bicyclic) bond motifs is 1. The summed E-state index contributed by atoms with van der Waals surface area (Å²) >= 11 is 3.52. The van der Waals surface area contributed by atoms with Gasteiger partial charge in [-0.05, 0) is 17.4 Å². The molecule has 0 spiro atoms. The molecule has 0 fully saturated rings. The smallest absolute Gasteiger partial charge is 0.255 e. The molecule has 2 rings (SSSR count). The fourth-order valence-electron chi connectivity index (χ4n) is 1.96. The summed E-state index contributed by atoms with van der Waals surface area (Å²) in [5.74, 6) is 0.218. The predicted octanol–water partition coefficient (Wildman–Crippen LogP) is 3.69. The molecule has 0 aliphatic heterocycles. The van der Waals surface area contributed by atoms with E-state index in [1.165, 1.54) is 0 Å². The third-order valence-corrected chi connectivity index (χ3v) is 4.71. The minimum Gasteiger partial charge on any atom is -0.506 e. The molecule has 0 bridgehead atoms. The van der Waals surface area contributed by atoms with Crippen LogP contribution in [0.2, 0.25) is 0 Å². The third kappa shape index (κ3) is 3.12. The zero-order chi connectivity index (χ0) is 14.7. The number of hydrogen-bond donors (Lipinski definition) is 2. The first kappa shape index (κ1) is 14.9. The van der Waals surface area contributed by atoms with E-state index in [4.69, 9.17) is 0 Å². The molecule has 20 heavy (non-hydrogen) atoms. The molecule has 0 saturated carbocycles. The molecule has 106 valence electrons. The second-order valence-electron chi connectivity index (χ2n) is 5.15. The molecule has 2 aromatic carbocycles. The van der Waals surface area contributed by atoms with Gasteiger partial charge in [-0.15, -0.1) is 0 Å². The number of carbonyl (C=O) groups is 1. The average Bonchev–Trinajstić information content (AvgIpc) is 2.45. The molecule has 0 radical (unpaired) electrons. The molecule has 2 aromatic rings.